The van der Waals surface area contributed by atoms with Gasteiger partial charge in [-0.25, -0.2) is 4.39 Å². The van der Waals surface area contributed by atoms with E-state index in [4.69, 9.17) is 10.4 Å². The van der Waals surface area contributed by atoms with E-state index in [1.165, 1.54) is 12.1 Å². The van der Waals surface area contributed by atoms with Gasteiger partial charge < -0.3 is 10.0 Å². The highest BCUT2D eigenvalue weighted by molar-refractivity contribution is 5.67. The molecule has 0 fully saturated rings. The largest absolute Gasteiger partial charge is 0.481 e. The lowest BCUT2D eigenvalue weighted by molar-refractivity contribution is -0.136. The Hall–Kier alpha value is -2.09. The summed E-state index contributed by atoms with van der Waals surface area (Å²) < 4.78 is 13.8. The highest BCUT2D eigenvalue weighted by Gasteiger charge is 2.16. The zero-order valence-electron chi connectivity index (χ0n) is 10.4. The lowest BCUT2D eigenvalue weighted by Gasteiger charge is -2.28. The van der Waals surface area contributed by atoms with Crippen molar-refractivity contribution in [3.05, 3.63) is 29.6 Å². The minimum atomic E-state index is -0.922. The van der Waals surface area contributed by atoms with E-state index in [9.17, 15) is 9.18 Å². The molecule has 0 bridgehead atoms. The Kier molecular flexibility index (Phi) is 4.67. The molecule has 1 aromatic rings. The van der Waals surface area contributed by atoms with Crippen molar-refractivity contribution >= 4 is 11.7 Å². The minimum absolute atomic E-state index is 0.0215. The summed E-state index contributed by atoms with van der Waals surface area (Å²) in [7, 11) is 0. The van der Waals surface area contributed by atoms with Crippen LogP contribution in [0.5, 0.6) is 0 Å². The quantitative estimate of drug-likeness (QED) is 0.871. The van der Waals surface area contributed by atoms with Crippen LogP contribution < -0.4 is 4.90 Å². The van der Waals surface area contributed by atoms with Crippen LogP contribution in [-0.4, -0.2) is 23.7 Å². The van der Waals surface area contributed by atoms with Crippen LogP contribution in [0.4, 0.5) is 10.1 Å². The van der Waals surface area contributed by atoms with E-state index in [-0.39, 0.29) is 24.6 Å². The van der Waals surface area contributed by atoms with Crippen LogP contribution in [0.15, 0.2) is 18.2 Å². The van der Waals surface area contributed by atoms with Crippen LogP contribution >= 0.6 is 0 Å². The molecular formula is C13H15FN2O2. The summed E-state index contributed by atoms with van der Waals surface area (Å²) in [4.78, 5) is 12.3. The average molecular weight is 250 g/mol. The molecule has 0 aromatic heterocycles. The zero-order valence-corrected chi connectivity index (χ0v) is 10.4. The topological polar surface area (TPSA) is 64.3 Å². The van der Waals surface area contributed by atoms with E-state index in [1.807, 2.05) is 19.9 Å². The molecule has 0 unspecified atom stereocenters. The summed E-state index contributed by atoms with van der Waals surface area (Å²) in [6, 6.07) is 6.03. The van der Waals surface area contributed by atoms with Crippen molar-refractivity contribution in [2.24, 2.45) is 0 Å². The van der Waals surface area contributed by atoms with Gasteiger partial charge in [-0.1, -0.05) is 0 Å². The molecule has 0 aliphatic heterocycles. The van der Waals surface area contributed by atoms with Crippen molar-refractivity contribution < 1.29 is 14.3 Å². The van der Waals surface area contributed by atoms with Gasteiger partial charge in [-0.2, -0.15) is 5.26 Å². The van der Waals surface area contributed by atoms with Crippen molar-refractivity contribution in [2.45, 2.75) is 26.3 Å². The van der Waals surface area contributed by atoms with Gasteiger partial charge in [-0.3, -0.25) is 4.79 Å². The summed E-state index contributed by atoms with van der Waals surface area (Å²) in [5.74, 6) is -1.43. The number of carbonyl (C=O) groups is 1. The fourth-order valence-electron chi connectivity index (χ4n) is 1.68. The third-order valence-corrected chi connectivity index (χ3v) is 2.58. The molecule has 0 saturated carbocycles. The molecule has 0 saturated heterocycles. The van der Waals surface area contributed by atoms with E-state index in [0.717, 1.165) is 6.07 Å². The Morgan fingerprint density at radius 2 is 2.22 bits per heavy atom. The monoisotopic (exact) mass is 250 g/mol. The van der Waals surface area contributed by atoms with E-state index in [2.05, 4.69) is 0 Å². The van der Waals surface area contributed by atoms with Crippen molar-refractivity contribution in [3.63, 3.8) is 0 Å². The van der Waals surface area contributed by atoms with Gasteiger partial charge in [-0.05, 0) is 32.0 Å². The maximum atomic E-state index is 13.8. The Morgan fingerprint density at radius 1 is 1.56 bits per heavy atom. The molecule has 0 aliphatic carbocycles. The van der Waals surface area contributed by atoms with Crippen LogP contribution in [0, 0.1) is 17.1 Å². The third kappa shape index (κ3) is 3.45. The molecule has 0 atom stereocenters. The second-order valence-electron chi connectivity index (χ2n) is 4.21. The first kappa shape index (κ1) is 14.0. The predicted molar refractivity (Wildman–Crippen MR) is 65.8 cm³/mol. The smallest absolute Gasteiger partial charge is 0.305 e. The van der Waals surface area contributed by atoms with Crippen LogP contribution in [-0.2, 0) is 4.79 Å². The third-order valence-electron chi connectivity index (χ3n) is 2.58. The molecule has 0 heterocycles. The molecule has 0 spiro atoms. The Balaban J connectivity index is 2.99. The Morgan fingerprint density at radius 3 is 2.67 bits per heavy atom. The van der Waals surface area contributed by atoms with Crippen LogP contribution in [0.3, 0.4) is 0 Å². The molecule has 96 valence electrons. The summed E-state index contributed by atoms with van der Waals surface area (Å²) in [6.45, 7) is 3.95. The number of hydrogen-bond acceptors (Lipinski definition) is 3. The van der Waals surface area contributed by atoms with Gasteiger partial charge in [0.25, 0.3) is 0 Å². The number of nitriles is 1. The number of carboxylic acid groups (broad SMARTS) is 1. The van der Waals surface area contributed by atoms with Crippen molar-refractivity contribution in [1.82, 2.24) is 0 Å². The molecule has 0 amide bonds. The lowest BCUT2D eigenvalue weighted by Crippen LogP contribution is -2.33. The van der Waals surface area contributed by atoms with Gasteiger partial charge in [0.2, 0.25) is 0 Å². The number of nitrogens with zero attached hydrogens (tertiary/aromatic N) is 2. The number of hydrogen-bond donors (Lipinski definition) is 1. The van der Waals surface area contributed by atoms with Gasteiger partial charge in [0.05, 0.1) is 23.7 Å². The highest BCUT2D eigenvalue weighted by Crippen LogP contribution is 2.22. The molecule has 4 nitrogen and oxygen atoms in total. The molecule has 1 aromatic carbocycles. The fourth-order valence-corrected chi connectivity index (χ4v) is 1.68. The predicted octanol–water partition coefficient (Wildman–Crippen LogP) is 2.39. The minimum Gasteiger partial charge on any atom is -0.481 e. The first-order valence-electron chi connectivity index (χ1n) is 5.63. The number of halogens is 1. The molecule has 0 aliphatic rings. The highest BCUT2D eigenvalue weighted by atomic mass is 19.1. The number of benzene rings is 1. The first-order valence-corrected chi connectivity index (χ1v) is 5.63. The number of rotatable bonds is 5. The summed E-state index contributed by atoms with van der Waals surface area (Å²) in [6.07, 6.45) is -0.0579. The van der Waals surface area contributed by atoms with E-state index >= 15 is 0 Å². The number of aliphatic carboxylic acids is 1. The normalized spacial score (nSPS) is 10.2. The molecule has 18 heavy (non-hydrogen) atoms. The molecule has 0 radical (unpaired) electrons. The van der Waals surface area contributed by atoms with Gasteiger partial charge in [0.1, 0.15) is 5.82 Å². The molecule has 5 heteroatoms. The first-order chi connectivity index (χ1) is 8.45. The van der Waals surface area contributed by atoms with Gasteiger partial charge >= 0.3 is 5.97 Å². The molecular weight excluding hydrogens is 235 g/mol. The molecule has 1 rings (SSSR count). The second-order valence-corrected chi connectivity index (χ2v) is 4.21. The SMILES string of the molecule is CC(C)N(CCC(=O)O)c1ccc(C#N)cc1F. The van der Waals surface area contributed by atoms with Crippen molar-refractivity contribution in [1.29, 1.82) is 5.26 Å². The maximum Gasteiger partial charge on any atom is 0.305 e. The van der Waals surface area contributed by atoms with E-state index in [0.29, 0.717) is 5.69 Å². The average Bonchev–Trinajstić information content (AvgIpc) is 2.30. The fraction of sp³-hybridized carbons (Fsp3) is 0.385. The Bertz CT molecular complexity index is 480. The second kappa shape index (κ2) is 6.01. The lowest BCUT2D eigenvalue weighted by atomic mass is 10.1. The molecule has 1 N–H and O–H groups in total. The zero-order chi connectivity index (χ0) is 13.7. The standard InChI is InChI=1S/C13H15FN2O2/c1-9(2)16(6-5-13(17)18)12-4-3-10(8-15)7-11(12)14/h3-4,7,9H,5-6H2,1-2H3,(H,17,18). The van der Waals surface area contributed by atoms with Gasteiger partial charge in [0, 0.05) is 12.6 Å². The van der Waals surface area contributed by atoms with Crippen LogP contribution in [0.2, 0.25) is 0 Å². The van der Waals surface area contributed by atoms with E-state index < -0.39 is 11.8 Å². The van der Waals surface area contributed by atoms with Crippen LogP contribution in [0.1, 0.15) is 25.8 Å². The maximum absolute atomic E-state index is 13.8. The summed E-state index contributed by atoms with van der Waals surface area (Å²) >= 11 is 0. The number of carboxylic acids is 1. The summed E-state index contributed by atoms with van der Waals surface area (Å²) in [5.41, 5.74) is 0.573. The van der Waals surface area contributed by atoms with E-state index in [1.54, 1.807) is 4.90 Å². The van der Waals surface area contributed by atoms with Crippen LogP contribution in [0.25, 0.3) is 0 Å². The van der Waals surface area contributed by atoms with Gasteiger partial charge in [0.15, 0.2) is 0 Å². The summed E-state index contributed by atoms with van der Waals surface area (Å²) in [5, 5.41) is 17.3. The van der Waals surface area contributed by atoms with Crippen molar-refractivity contribution in [3.8, 4) is 6.07 Å². The van der Waals surface area contributed by atoms with Gasteiger partial charge in [-0.15, -0.1) is 0 Å². The van der Waals surface area contributed by atoms with Crippen molar-refractivity contribution in [2.75, 3.05) is 11.4 Å². The Labute approximate surface area is 105 Å². The number of anilines is 1.